The summed E-state index contributed by atoms with van der Waals surface area (Å²) in [5, 5.41) is 9.07. The van der Waals surface area contributed by atoms with Gasteiger partial charge in [-0.05, 0) is 18.4 Å². The van der Waals surface area contributed by atoms with Crippen molar-refractivity contribution >= 4 is 16.0 Å². The Labute approximate surface area is 119 Å². The average Bonchev–Trinajstić information content (AvgIpc) is 2.75. The molecule has 0 unspecified atom stereocenters. The number of carboxylic acid groups (broad SMARTS) is 1. The highest BCUT2D eigenvalue weighted by Gasteiger charge is 2.39. The Morgan fingerprint density at radius 3 is 2.40 bits per heavy atom. The molecule has 0 amide bonds. The van der Waals surface area contributed by atoms with Crippen LogP contribution in [0.4, 0.5) is 0 Å². The number of aliphatic carboxylic acids is 1. The summed E-state index contributed by atoms with van der Waals surface area (Å²) in [4.78, 5) is 11.1. The lowest BCUT2D eigenvalue weighted by Gasteiger charge is -2.16. The minimum atomic E-state index is -3.46. The van der Waals surface area contributed by atoms with Crippen LogP contribution in [0.15, 0.2) is 24.3 Å². The molecule has 2 atom stereocenters. The van der Waals surface area contributed by atoms with E-state index in [-0.39, 0.29) is 24.8 Å². The van der Waals surface area contributed by atoms with Gasteiger partial charge in [-0.3, -0.25) is 4.79 Å². The third kappa shape index (κ3) is 3.19. The Morgan fingerprint density at radius 1 is 1.30 bits per heavy atom. The zero-order valence-electron chi connectivity index (χ0n) is 11.6. The van der Waals surface area contributed by atoms with Crippen molar-refractivity contribution in [2.24, 2.45) is 11.8 Å². The molecule has 20 heavy (non-hydrogen) atoms. The molecule has 1 fully saturated rings. The molecule has 1 aliphatic heterocycles. The topological polar surface area (TPSA) is 74.7 Å². The monoisotopic (exact) mass is 297 g/mol. The summed E-state index contributed by atoms with van der Waals surface area (Å²) in [6.45, 7) is 4.08. The van der Waals surface area contributed by atoms with Crippen LogP contribution in [0.2, 0.25) is 0 Å². The second kappa shape index (κ2) is 5.54. The van der Waals surface area contributed by atoms with Crippen LogP contribution >= 0.6 is 0 Å². The van der Waals surface area contributed by atoms with E-state index in [1.807, 2.05) is 19.1 Å². The van der Waals surface area contributed by atoms with Crippen LogP contribution in [0, 0.1) is 18.8 Å². The van der Waals surface area contributed by atoms with E-state index < -0.39 is 21.9 Å². The van der Waals surface area contributed by atoms with E-state index in [4.69, 9.17) is 5.11 Å². The number of benzene rings is 1. The maximum Gasteiger partial charge on any atom is 0.308 e. The highest BCUT2D eigenvalue weighted by atomic mass is 32.2. The molecular weight excluding hydrogens is 278 g/mol. The fourth-order valence-electron chi connectivity index (χ4n) is 2.46. The van der Waals surface area contributed by atoms with Crippen molar-refractivity contribution in [3.05, 3.63) is 35.4 Å². The van der Waals surface area contributed by atoms with E-state index in [1.165, 1.54) is 4.31 Å². The predicted octanol–water partition coefficient (Wildman–Crippen LogP) is 1.48. The smallest absolute Gasteiger partial charge is 0.308 e. The minimum Gasteiger partial charge on any atom is -0.481 e. The molecule has 1 aliphatic rings. The fraction of sp³-hybridized carbons (Fsp3) is 0.500. The van der Waals surface area contributed by atoms with E-state index in [1.54, 1.807) is 19.1 Å². The number of carboxylic acids is 1. The Bertz CT molecular complexity index is 594. The SMILES string of the molecule is Cc1ccc(CS(=O)(=O)N2C[C@@H](C)[C@H](C(=O)O)C2)cc1. The van der Waals surface area contributed by atoms with E-state index >= 15 is 0 Å². The van der Waals surface area contributed by atoms with Gasteiger partial charge in [-0.1, -0.05) is 36.8 Å². The zero-order chi connectivity index (χ0) is 14.9. The Morgan fingerprint density at radius 2 is 1.90 bits per heavy atom. The third-order valence-corrected chi connectivity index (χ3v) is 5.54. The Balaban J connectivity index is 2.12. The average molecular weight is 297 g/mol. The molecule has 0 spiro atoms. The van der Waals surface area contributed by atoms with Crippen LogP contribution in [0.3, 0.4) is 0 Å². The molecular formula is C14H19NO4S. The molecule has 1 aromatic carbocycles. The van der Waals surface area contributed by atoms with Crippen molar-refractivity contribution in [3.8, 4) is 0 Å². The normalized spacial score (nSPS) is 23.9. The number of carbonyl (C=O) groups is 1. The highest BCUT2D eigenvalue weighted by molar-refractivity contribution is 7.88. The Hall–Kier alpha value is -1.40. The van der Waals surface area contributed by atoms with Crippen molar-refractivity contribution < 1.29 is 18.3 Å². The van der Waals surface area contributed by atoms with Crippen LogP contribution in [-0.2, 0) is 20.6 Å². The molecule has 110 valence electrons. The molecule has 0 saturated carbocycles. The minimum absolute atomic E-state index is 0.0741. The summed E-state index contributed by atoms with van der Waals surface area (Å²) in [7, 11) is -3.46. The van der Waals surface area contributed by atoms with Gasteiger partial charge in [0.05, 0.1) is 11.7 Å². The van der Waals surface area contributed by atoms with Crippen molar-refractivity contribution in [1.82, 2.24) is 4.31 Å². The van der Waals surface area contributed by atoms with Crippen molar-refractivity contribution in [3.63, 3.8) is 0 Å². The first-order valence-electron chi connectivity index (χ1n) is 6.56. The Kier molecular flexibility index (Phi) is 4.15. The second-order valence-electron chi connectivity index (χ2n) is 5.48. The van der Waals surface area contributed by atoms with E-state index in [2.05, 4.69) is 0 Å². The number of hydrogen-bond donors (Lipinski definition) is 1. The van der Waals surface area contributed by atoms with E-state index in [0.717, 1.165) is 11.1 Å². The maximum absolute atomic E-state index is 12.3. The number of hydrogen-bond acceptors (Lipinski definition) is 3. The third-order valence-electron chi connectivity index (χ3n) is 3.76. The molecule has 0 radical (unpaired) electrons. The summed E-state index contributed by atoms with van der Waals surface area (Å²) in [5.41, 5.74) is 1.80. The fourth-order valence-corrected chi connectivity index (χ4v) is 4.10. The van der Waals surface area contributed by atoms with Gasteiger partial charge >= 0.3 is 5.97 Å². The van der Waals surface area contributed by atoms with Crippen molar-refractivity contribution in [1.29, 1.82) is 0 Å². The van der Waals surface area contributed by atoms with Gasteiger partial charge < -0.3 is 5.11 Å². The van der Waals surface area contributed by atoms with Crippen molar-refractivity contribution in [2.75, 3.05) is 13.1 Å². The largest absolute Gasteiger partial charge is 0.481 e. The van der Waals surface area contributed by atoms with Crippen LogP contribution in [0.5, 0.6) is 0 Å². The zero-order valence-corrected chi connectivity index (χ0v) is 12.4. The molecule has 6 heteroatoms. The van der Waals surface area contributed by atoms with Gasteiger partial charge in [0, 0.05) is 13.1 Å². The summed E-state index contributed by atoms with van der Waals surface area (Å²) < 4.78 is 26.0. The molecule has 1 heterocycles. The van der Waals surface area contributed by atoms with Crippen LogP contribution < -0.4 is 0 Å². The molecule has 0 bridgehead atoms. The van der Waals surface area contributed by atoms with Crippen LogP contribution in [0.1, 0.15) is 18.1 Å². The van der Waals surface area contributed by atoms with Gasteiger partial charge in [0.25, 0.3) is 0 Å². The lowest BCUT2D eigenvalue weighted by Crippen LogP contribution is -2.31. The van der Waals surface area contributed by atoms with Gasteiger partial charge in [-0.15, -0.1) is 0 Å². The van der Waals surface area contributed by atoms with Gasteiger partial charge in [0.15, 0.2) is 0 Å². The summed E-state index contributed by atoms with van der Waals surface area (Å²) >= 11 is 0. The summed E-state index contributed by atoms with van der Waals surface area (Å²) in [5.74, 6) is -1.76. The second-order valence-corrected chi connectivity index (χ2v) is 7.45. The van der Waals surface area contributed by atoms with Crippen LogP contribution in [-0.4, -0.2) is 36.9 Å². The van der Waals surface area contributed by atoms with Gasteiger partial charge in [-0.25, -0.2) is 12.7 Å². The first-order valence-corrected chi connectivity index (χ1v) is 8.16. The van der Waals surface area contributed by atoms with Crippen LogP contribution in [0.25, 0.3) is 0 Å². The number of nitrogens with zero attached hydrogens (tertiary/aromatic N) is 1. The van der Waals surface area contributed by atoms with Gasteiger partial charge in [0.1, 0.15) is 0 Å². The molecule has 2 rings (SSSR count). The molecule has 0 aromatic heterocycles. The molecule has 1 aromatic rings. The van der Waals surface area contributed by atoms with Gasteiger partial charge in [-0.2, -0.15) is 0 Å². The molecule has 1 saturated heterocycles. The molecule has 5 nitrogen and oxygen atoms in total. The van der Waals surface area contributed by atoms with Crippen molar-refractivity contribution in [2.45, 2.75) is 19.6 Å². The van der Waals surface area contributed by atoms with Gasteiger partial charge in [0.2, 0.25) is 10.0 Å². The molecule has 0 aliphatic carbocycles. The van der Waals surface area contributed by atoms with E-state index in [0.29, 0.717) is 0 Å². The quantitative estimate of drug-likeness (QED) is 0.913. The summed E-state index contributed by atoms with van der Waals surface area (Å²) in [6, 6.07) is 7.33. The molecule has 1 N–H and O–H groups in total. The standard InChI is InChI=1S/C14H19NO4S/c1-10-3-5-12(6-4-10)9-20(18,19)15-7-11(2)13(8-15)14(16)17/h3-6,11,13H,7-9H2,1-2H3,(H,16,17)/t11-,13-/m1/s1. The lowest BCUT2D eigenvalue weighted by molar-refractivity contribution is -0.142. The number of aryl methyl sites for hydroxylation is 1. The number of sulfonamides is 1. The summed E-state index contributed by atoms with van der Waals surface area (Å²) in [6.07, 6.45) is 0. The number of rotatable bonds is 4. The maximum atomic E-state index is 12.3. The first-order chi connectivity index (χ1) is 9.29. The predicted molar refractivity (Wildman–Crippen MR) is 75.7 cm³/mol. The first kappa shape index (κ1) is 15.0. The van der Waals surface area contributed by atoms with E-state index in [9.17, 15) is 13.2 Å². The lowest BCUT2D eigenvalue weighted by atomic mass is 9.99. The highest BCUT2D eigenvalue weighted by Crippen LogP contribution is 2.27.